The van der Waals surface area contributed by atoms with Crippen LogP contribution in [0.1, 0.15) is 6.42 Å². The van der Waals surface area contributed by atoms with Crippen LogP contribution in [0.15, 0.2) is 29.8 Å². The van der Waals surface area contributed by atoms with Crippen molar-refractivity contribution in [2.24, 2.45) is 0 Å². The molecule has 0 amide bonds. The van der Waals surface area contributed by atoms with Crippen LogP contribution in [0, 0.1) is 16.5 Å². The summed E-state index contributed by atoms with van der Waals surface area (Å²) in [6, 6.07) is 1.56. The molecule has 1 aliphatic heterocycles. The van der Waals surface area contributed by atoms with Gasteiger partial charge in [0, 0.05) is 6.42 Å². The molecule has 0 aromatic carbocycles. The third-order valence-electron chi connectivity index (χ3n) is 3.51. The van der Waals surface area contributed by atoms with Gasteiger partial charge in [0.25, 0.3) is 0 Å². The van der Waals surface area contributed by atoms with Gasteiger partial charge in [-0.25, -0.2) is 4.98 Å². The first-order chi connectivity index (χ1) is 11.5. The topological polar surface area (TPSA) is 115 Å². The predicted octanol–water partition coefficient (Wildman–Crippen LogP) is 2.62. The summed E-state index contributed by atoms with van der Waals surface area (Å²) in [5.74, 6) is -0.917. The van der Waals surface area contributed by atoms with Gasteiger partial charge in [0.15, 0.2) is 0 Å². The number of hydrogen-bond donors (Lipinski definition) is 2. The number of pyridine rings is 1. The molecule has 125 valence electrons. The Kier molecular flexibility index (Phi) is 4.72. The molecule has 9 heteroatoms. The fraction of sp³-hybridized carbons (Fsp3) is 0.267. The zero-order chi connectivity index (χ0) is 17.1. The third kappa shape index (κ3) is 3.52. The molecule has 0 bridgehead atoms. The Labute approximate surface area is 140 Å². The molecule has 2 aromatic heterocycles. The average molecular weight is 348 g/mol. The molecule has 2 aromatic rings. The van der Waals surface area contributed by atoms with Gasteiger partial charge in [0.05, 0.1) is 40.3 Å². The summed E-state index contributed by atoms with van der Waals surface area (Å²) in [6.07, 6.45) is 5.92. The zero-order valence-electron chi connectivity index (χ0n) is 12.4. The van der Waals surface area contributed by atoms with E-state index in [0.717, 1.165) is 4.70 Å². The van der Waals surface area contributed by atoms with Crippen LogP contribution in [0.25, 0.3) is 10.2 Å². The number of carbonyl (C=O) groups is 1. The normalized spacial score (nSPS) is 20.2. The van der Waals surface area contributed by atoms with Crippen LogP contribution in [-0.2, 0) is 9.53 Å². The lowest BCUT2D eigenvalue weighted by Gasteiger charge is -2.24. The quantitative estimate of drug-likeness (QED) is 0.468. The number of aromatic nitrogens is 1. The van der Waals surface area contributed by atoms with Gasteiger partial charge in [-0.1, -0.05) is 12.2 Å². The molecule has 0 aliphatic carbocycles. The van der Waals surface area contributed by atoms with Gasteiger partial charge in [-0.15, -0.1) is 11.3 Å². The van der Waals surface area contributed by atoms with Crippen molar-refractivity contribution in [1.82, 2.24) is 4.98 Å². The van der Waals surface area contributed by atoms with Gasteiger partial charge < -0.3 is 15.2 Å². The second kappa shape index (κ2) is 6.93. The smallest absolute Gasteiger partial charge is 0.311 e. The number of aliphatic carboxylic acids is 1. The van der Waals surface area contributed by atoms with E-state index in [1.165, 1.54) is 17.5 Å². The van der Waals surface area contributed by atoms with E-state index in [0.29, 0.717) is 11.2 Å². The van der Waals surface area contributed by atoms with Crippen molar-refractivity contribution in [3.05, 3.63) is 46.3 Å². The molecular weight excluding hydrogens is 334 g/mol. The Hall–Kier alpha value is -2.52. The molecule has 0 fully saturated rings. The highest BCUT2D eigenvalue weighted by molar-refractivity contribution is 7.17. The standard InChI is InChI=1S/C15H14N3O5S/c19-13(20)4-3-10-2-1-9(8-23-10)17-14-12(18(21)22)7-16-11-5-6-24-15(11)14/h1-3,5-7,9-10H,4,8H2,(H,16,17)(H,19,20)/t9-,10?/m0/s1. The van der Waals surface area contributed by atoms with Gasteiger partial charge in [-0.05, 0) is 11.4 Å². The highest BCUT2D eigenvalue weighted by atomic mass is 32.1. The van der Waals surface area contributed by atoms with E-state index < -0.39 is 10.9 Å². The van der Waals surface area contributed by atoms with Crippen LogP contribution in [0.3, 0.4) is 0 Å². The first-order valence-corrected chi connectivity index (χ1v) is 8.04. The van der Waals surface area contributed by atoms with Gasteiger partial charge >= 0.3 is 11.7 Å². The number of carboxylic acid groups (broad SMARTS) is 1. The molecule has 1 radical (unpaired) electrons. The summed E-state index contributed by atoms with van der Waals surface area (Å²) in [5.41, 5.74) is 1.03. The molecule has 24 heavy (non-hydrogen) atoms. The molecule has 0 spiro atoms. The number of thiophene rings is 1. The van der Waals surface area contributed by atoms with Crippen LogP contribution < -0.4 is 5.32 Å². The van der Waals surface area contributed by atoms with Crippen LogP contribution in [0.4, 0.5) is 11.4 Å². The molecule has 1 unspecified atom stereocenters. The number of rotatable bonds is 6. The van der Waals surface area contributed by atoms with Crippen molar-refractivity contribution in [2.75, 3.05) is 11.9 Å². The van der Waals surface area contributed by atoms with Crippen molar-refractivity contribution in [3.8, 4) is 0 Å². The Morgan fingerprint density at radius 3 is 3.08 bits per heavy atom. The minimum atomic E-state index is -0.917. The lowest BCUT2D eigenvalue weighted by Crippen LogP contribution is -2.31. The van der Waals surface area contributed by atoms with Gasteiger partial charge in [-0.3, -0.25) is 14.9 Å². The van der Waals surface area contributed by atoms with Gasteiger partial charge in [0.1, 0.15) is 11.9 Å². The maximum Gasteiger partial charge on any atom is 0.311 e. The summed E-state index contributed by atoms with van der Waals surface area (Å²) >= 11 is 1.38. The van der Waals surface area contributed by atoms with Crippen molar-refractivity contribution >= 4 is 38.9 Å². The van der Waals surface area contributed by atoms with Crippen molar-refractivity contribution in [3.63, 3.8) is 0 Å². The Morgan fingerprint density at radius 2 is 2.42 bits per heavy atom. The number of fused-ring (bicyclic) bond motifs is 1. The molecule has 1 aliphatic rings. The molecule has 3 heterocycles. The molecule has 0 saturated carbocycles. The number of anilines is 1. The fourth-order valence-electron chi connectivity index (χ4n) is 2.39. The summed E-state index contributed by atoms with van der Waals surface area (Å²) in [4.78, 5) is 25.4. The monoisotopic (exact) mass is 348 g/mol. The number of nitro groups is 1. The van der Waals surface area contributed by atoms with E-state index in [4.69, 9.17) is 9.84 Å². The molecule has 8 nitrogen and oxygen atoms in total. The number of ether oxygens (including phenoxy) is 1. The first-order valence-electron chi connectivity index (χ1n) is 7.17. The van der Waals surface area contributed by atoms with Gasteiger partial charge in [0.2, 0.25) is 0 Å². The predicted molar refractivity (Wildman–Crippen MR) is 89.1 cm³/mol. The second-order valence-corrected chi connectivity index (χ2v) is 6.09. The van der Waals surface area contributed by atoms with Crippen molar-refractivity contribution in [1.29, 1.82) is 0 Å². The first kappa shape index (κ1) is 16.3. The molecular formula is C15H14N3O5S. The molecule has 3 rings (SSSR count). The van der Waals surface area contributed by atoms with E-state index in [1.54, 1.807) is 18.6 Å². The lowest BCUT2D eigenvalue weighted by molar-refractivity contribution is -0.384. The van der Waals surface area contributed by atoms with E-state index in [1.807, 2.05) is 11.5 Å². The lowest BCUT2D eigenvalue weighted by atomic mass is 10.1. The van der Waals surface area contributed by atoms with E-state index in [2.05, 4.69) is 10.3 Å². The highest BCUT2D eigenvalue weighted by Gasteiger charge is 2.23. The number of nitrogens with one attached hydrogen (secondary N) is 1. The van der Waals surface area contributed by atoms with Crippen LogP contribution in [-0.4, -0.2) is 39.7 Å². The van der Waals surface area contributed by atoms with E-state index in [9.17, 15) is 14.9 Å². The average Bonchev–Trinajstić information content (AvgIpc) is 3.03. The van der Waals surface area contributed by atoms with E-state index >= 15 is 0 Å². The van der Waals surface area contributed by atoms with Crippen molar-refractivity contribution < 1.29 is 19.6 Å². The Bertz CT molecular complexity index is 804. The van der Waals surface area contributed by atoms with Gasteiger partial charge in [-0.2, -0.15) is 0 Å². The maximum atomic E-state index is 11.3. The SMILES string of the molecule is O=C(O)C[CH]C1C=C[C@H](Nc2c([N+](=O)[O-])cnc3ccsc23)CO1. The Balaban J connectivity index is 1.77. The summed E-state index contributed by atoms with van der Waals surface area (Å²) in [7, 11) is 0. The van der Waals surface area contributed by atoms with Crippen LogP contribution >= 0.6 is 11.3 Å². The maximum absolute atomic E-state index is 11.3. The number of nitrogens with zero attached hydrogens (tertiary/aromatic N) is 2. The van der Waals surface area contributed by atoms with E-state index in [-0.39, 0.29) is 30.9 Å². The summed E-state index contributed by atoms with van der Waals surface area (Å²) < 4.78 is 6.28. The summed E-state index contributed by atoms with van der Waals surface area (Å²) in [5, 5.41) is 24.9. The van der Waals surface area contributed by atoms with Crippen LogP contribution in [0.2, 0.25) is 0 Å². The second-order valence-electron chi connectivity index (χ2n) is 5.18. The number of carboxylic acids is 1. The number of hydrogen-bond acceptors (Lipinski definition) is 7. The fourth-order valence-corrected chi connectivity index (χ4v) is 3.24. The third-order valence-corrected chi connectivity index (χ3v) is 4.43. The van der Waals surface area contributed by atoms with Crippen LogP contribution in [0.5, 0.6) is 0 Å². The summed E-state index contributed by atoms with van der Waals surface area (Å²) in [6.45, 7) is 0.281. The molecule has 2 atom stereocenters. The minimum absolute atomic E-state index is 0.0846. The van der Waals surface area contributed by atoms with Crippen molar-refractivity contribution in [2.45, 2.75) is 18.6 Å². The molecule has 2 N–H and O–H groups in total. The minimum Gasteiger partial charge on any atom is -0.481 e. The highest BCUT2D eigenvalue weighted by Crippen LogP contribution is 2.35. The largest absolute Gasteiger partial charge is 0.481 e. The Morgan fingerprint density at radius 1 is 1.58 bits per heavy atom. The zero-order valence-corrected chi connectivity index (χ0v) is 13.2. The molecule has 0 saturated heterocycles.